The van der Waals surface area contributed by atoms with Crippen LogP contribution in [0.15, 0.2) is 0 Å². The van der Waals surface area contributed by atoms with Gasteiger partial charge in [-0.1, -0.05) is 20.8 Å². The maximum Gasteiger partial charge on any atom is 0.238 e. The highest BCUT2D eigenvalue weighted by molar-refractivity contribution is 8.15. The van der Waals surface area contributed by atoms with Gasteiger partial charge in [0.15, 0.2) is 0 Å². The molecule has 3 fully saturated rings. The Morgan fingerprint density at radius 1 is 1.15 bits per heavy atom. The molecule has 13 heavy (non-hydrogen) atoms. The van der Waals surface area contributed by atoms with Gasteiger partial charge in [-0.15, -0.1) is 0 Å². The van der Waals surface area contributed by atoms with Crippen molar-refractivity contribution in [2.24, 2.45) is 10.8 Å². The summed E-state index contributed by atoms with van der Waals surface area (Å²) in [6.45, 7) is 6.53. The first-order valence-electron chi connectivity index (χ1n) is 4.56. The normalized spacial score (nSPS) is 43.7. The van der Waals surface area contributed by atoms with Gasteiger partial charge in [-0.25, -0.2) is 8.42 Å². The van der Waals surface area contributed by atoms with Gasteiger partial charge < -0.3 is 0 Å². The monoisotopic (exact) mass is 222 g/mol. The van der Waals surface area contributed by atoms with E-state index in [1.54, 1.807) is 0 Å². The fourth-order valence-electron chi connectivity index (χ4n) is 2.75. The molecule has 3 saturated carbocycles. The summed E-state index contributed by atoms with van der Waals surface area (Å²) in [5.74, 6) is 0. The van der Waals surface area contributed by atoms with Crippen molar-refractivity contribution in [3.05, 3.63) is 0 Å². The van der Waals surface area contributed by atoms with E-state index in [4.69, 9.17) is 10.7 Å². The minimum atomic E-state index is -3.33. The fraction of sp³-hybridized carbons (Fsp3) is 1.00. The second-order valence-electron chi connectivity index (χ2n) is 5.68. The largest absolute Gasteiger partial charge is 0.238 e. The molecule has 3 aliphatic rings. The maximum atomic E-state index is 11.2. The lowest BCUT2D eigenvalue weighted by molar-refractivity contribution is -0.160. The van der Waals surface area contributed by atoms with E-state index < -0.39 is 13.8 Å². The number of halogens is 1. The second-order valence-corrected chi connectivity index (χ2v) is 8.64. The Bertz CT molecular complexity index is 331. The van der Waals surface area contributed by atoms with Gasteiger partial charge in [0.25, 0.3) is 0 Å². The second kappa shape index (κ2) is 2.08. The molecule has 0 aromatic heterocycles. The zero-order chi connectivity index (χ0) is 10.1. The van der Waals surface area contributed by atoms with E-state index >= 15 is 0 Å². The van der Waals surface area contributed by atoms with E-state index in [2.05, 4.69) is 20.8 Å². The Balaban J connectivity index is 2.18. The van der Waals surface area contributed by atoms with Crippen molar-refractivity contribution < 1.29 is 8.42 Å². The average molecular weight is 223 g/mol. The van der Waals surface area contributed by atoms with Gasteiger partial charge in [0.05, 0.1) is 4.75 Å². The molecule has 3 rings (SSSR count). The van der Waals surface area contributed by atoms with Crippen LogP contribution in [-0.2, 0) is 9.05 Å². The standard InChI is InChI=1S/C9H15ClO2S/c1-7(2,3)8-4-9(5-8,6-8)13(10,11)12/h4-6H2,1-3H3. The summed E-state index contributed by atoms with van der Waals surface area (Å²) in [7, 11) is 2.07. The Kier molecular flexibility index (Phi) is 1.57. The van der Waals surface area contributed by atoms with Gasteiger partial charge in [0.1, 0.15) is 0 Å². The molecule has 0 spiro atoms. The molecule has 3 aliphatic carbocycles. The van der Waals surface area contributed by atoms with E-state index in [9.17, 15) is 8.42 Å². The summed E-state index contributed by atoms with van der Waals surface area (Å²) >= 11 is 0. The van der Waals surface area contributed by atoms with E-state index in [1.165, 1.54) is 0 Å². The number of rotatable bonds is 1. The maximum absolute atomic E-state index is 11.2. The van der Waals surface area contributed by atoms with Crippen LogP contribution in [0.3, 0.4) is 0 Å². The first-order valence-corrected chi connectivity index (χ1v) is 6.87. The minimum absolute atomic E-state index is 0.219. The predicted octanol–water partition coefficient (Wildman–Crippen LogP) is 2.52. The molecule has 0 aromatic rings. The summed E-state index contributed by atoms with van der Waals surface area (Å²) in [5.41, 5.74) is 0.477. The van der Waals surface area contributed by atoms with Gasteiger partial charge in [0.2, 0.25) is 9.05 Å². The number of hydrogen-bond donors (Lipinski definition) is 0. The van der Waals surface area contributed by atoms with Crippen molar-refractivity contribution in [2.75, 3.05) is 0 Å². The molecule has 0 atom stereocenters. The molecule has 0 aromatic carbocycles. The quantitative estimate of drug-likeness (QED) is 0.639. The van der Waals surface area contributed by atoms with Gasteiger partial charge in [-0.3, -0.25) is 0 Å². The lowest BCUT2D eigenvalue weighted by atomic mass is 9.36. The third-order valence-electron chi connectivity index (χ3n) is 4.09. The van der Waals surface area contributed by atoms with Crippen molar-refractivity contribution in [1.29, 1.82) is 0 Å². The Morgan fingerprint density at radius 2 is 1.54 bits per heavy atom. The van der Waals surface area contributed by atoms with Gasteiger partial charge >= 0.3 is 0 Å². The Labute approximate surface area is 84.1 Å². The molecule has 0 aliphatic heterocycles. The van der Waals surface area contributed by atoms with Crippen molar-refractivity contribution in [3.63, 3.8) is 0 Å². The first kappa shape index (κ1) is 9.78. The van der Waals surface area contributed by atoms with Crippen LogP contribution in [0.5, 0.6) is 0 Å². The van der Waals surface area contributed by atoms with E-state index in [1.807, 2.05) is 0 Å². The van der Waals surface area contributed by atoms with Crippen LogP contribution >= 0.6 is 10.7 Å². The van der Waals surface area contributed by atoms with Crippen LogP contribution in [0, 0.1) is 10.8 Å². The van der Waals surface area contributed by atoms with Crippen molar-refractivity contribution in [1.82, 2.24) is 0 Å². The summed E-state index contributed by atoms with van der Waals surface area (Å²) in [6, 6.07) is 0. The Hall–Kier alpha value is 0.240. The van der Waals surface area contributed by atoms with Crippen LogP contribution < -0.4 is 0 Å². The molecular formula is C9H15ClO2S. The molecule has 2 nitrogen and oxygen atoms in total. The van der Waals surface area contributed by atoms with Crippen LogP contribution in [0.4, 0.5) is 0 Å². The smallest absolute Gasteiger partial charge is 0.212 e. The molecule has 0 N–H and O–H groups in total. The average Bonchev–Trinajstić information content (AvgIpc) is 1.41. The van der Waals surface area contributed by atoms with Gasteiger partial charge in [-0.05, 0) is 30.1 Å². The highest BCUT2D eigenvalue weighted by Gasteiger charge is 2.76. The molecular weight excluding hydrogens is 208 g/mol. The van der Waals surface area contributed by atoms with Crippen LogP contribution in [-0.4, -0.2) is 13.2 Å². The van der Waals surface area contributed by atoms with Crippen LogP contribution in [0.1, 0.15) is 40.0 Å². The van der Waals surface area contributed by atoms with E-state index in [0.29, 0.717) is 0 Å². The fourth-order valence-corrected chi connectivity index (χ4v) is 4.59. The topological polar surface area (TPSA) is 34.1 Å². The summed E-state index contributed by atoms with van der Waals surface area (Å²) in [4.78, 5) is 0. The highest BCUT2D eigenvalue weighted by Crippen LogP contribution is 2.77. The lowest BCUT2D eigenvalue weighted by Gasteiger charge is -2.73. The van der Waals surface area contributed by atoms with E-state index in [-0.39, 0.29) is 10.8 Å². The molecule has 0 radical (unpaired) electrons. The van der Waals surface area contributed by atoms with Crippen molar-refractivity contribution in [3.8, 4) is 0 Å². The van der Waals surface area contributed by atoms with Crippen LogP contribution in [0.2, 0.25) is 0 Å². The predicted molar refractivity (Wildman–Crippen MR) is 53.2 cm³/mol. The molecule has 76 valence electrons. The summed E-state index contributed by atoms with van der Waals surface area (Å²) in [6.07, 6.45) is 2.32. The molecule has 2 bridgehead atoms. The molecule has 0 amide bonds. The van der Waals surface area contributed by atoms with E-state index in [0.717, 1.165) is 19.3 Å². The lowest BCUT2D eigenvalue weighted by Crippen LogP contribution is -2.73. The molecule has 0 saturated heterocycles. The summed E-state index contributed by atoms with van der Waals surface area (Å²) < 4.78 is 21.9. The Morgan fingerprint density at radius 3 is 1.77 bits per heavy atom. The molecule has 0 heterocycles. The third kappa shape index (κ3) is 0.977. The molecule has 0 unspecified atom stereocenters. The van der Waals surface area contributed by atoms with Crippen molar-refractivity contribution in [2.45, 2.75) is 44.8 Å². The minimum Gasteiger partial charge on any atom is -0.212 e. The SMILES string of the molecule is CC(C)(C)C12CC(S(=O)(=O)Cl)(C1)C2. The third-order valence-corrected chi connectivity index (χ3v) is 6.54. The number of hydrogen-bond acceptors (Lipinski definition) is 2. The van der Waals surface area contributed by atoms with Crippen molar-refractivity contribution >= 4 is 19.7 Å². The van der Waals surface area contributed by atoms with Gasteiger partial charge in [0, 0.05) is 10.7 Å². The first-order chi connectivity index (χ1) is 5.62. The zero-order valence-corrected chi connectivity index (χ0v) is 9.80. The summed E-state index contributed by atoms with van der Waals surface area (Å²) in [5, 5.41) is 0. The van der Waals surface area contributed by atoms with Gasteiger partial charge in [-0.2, -0.15) is 0 Å². The molecule has 4 heteroatoms. The van der Waals surface area contributed by atoms with Crippen LogP contribution in [0.25, 0.3) is 0 Å². The highest BCUT2D eigenvalue weighted by atomic mass is 35.7. The zero-order valence-electron chi connectivity index (χ0n) is 8.22.